The Kier molecular flexibility index (Phi) is 24.2. The Bertz CT molecular complexity index is 513. The summed E-state index contributed by atoms with van der Waals surface area (Å²) in [6.07, 6.45) is 31.1. The molecule has 1 amide bonds. The fourth-order valence-corrected chi connectivity index (χ4v) is 3.68. The molecule has 0 saturated heterocycles. The molecule has 0 aliphatic carbocycles. The zero-order valence-corrected chi connectivity index (χ0v) is 21.6. The second-order valence-electron chi connectivity index (χ2n) is 9.09. The molecule has 4 heteroatoms. The summed E-state index contributed by atoms with van der Waals surface area (Å²) in [6, 6.07) is -0.636. The Morgan fingerprint density at radius 3 is 1.76 bits per heavy atom. The van der Waals surface area contributed by atoms with E-state index in [9.17, 15) is 15.0 Å². The third kappa shape index (κ3) is 22.2. The fraction of sp³-hybridized carbons (Fsp3) is 0.759. The number of rotatable bonds is 23. The van der Waals surface area contributed by atoms with Gasteiger partial charge in [-0.1, -0.05) is 108 Å². The highest BCUT2D eigenvalue weighted by Crippen LogP contribution is 2.09. The minimum atomic E-state index is -0.861. The lowest BCUT2D eigenvalue weighted by Crippen LogP contribution is -2.45. The summed E-state index contributed by atoms with van der Waals surface area (Å²) in [5.41, 5.74) is 0. The van der Waals surface area contributed by atoms with Crippen LogP contribution in [0.2, 0.25) is 0 Å². The van der Waals surface area contributed by atoms with Gasteiger partial charge in [0.1, 0.15) is 0 Å². The van der Waals surface area contributed by atoms with Crippen LogP contribution in [0, 0.1) is 0 Å². The Balaban J connectivity index is 3.75. The molecule has 3 N–H and O–H groups in total. The van der Waals surface area contributed by atoms with Gasteiger partial charge in [0.25, 0.3) is 0 Å². The lowest BCUT2D eigenvalue weighted by molar-refractivity contribution is -0.123. The topological polar surface area (TPSA) is 69.6 Å². The maximum Gasteiger partial charge on any atom is 0.220 e. The molecule has 0 spiro atoms. The van der Waals surface area contributed by atoms with Gasteiger partial charge in [-0.15, -0.1) is 0 Å². The van der Waals surface area contributed by atoms with Crippen LogP contribution in [0.15, 0.2) is 36.5 Å². The van der Waals surface area contributed by atoms with E-state index in [0.29, 0.717) is 6.42 Å². The minimum absolute atomic E-state index is 0.100. The Morgan fingerprint density at radius 1 is 0.697 bits per heavy atom. The predicted molar refractivity (Wildman–Crippen MR) is 142 cm³/mol. The van der Waals surface area contributed by atoms with E-state index in [2.05, 4.69) is 43.5 Å². The molecule has 4 nitrogen and oxygen atoms in total. The number of aliphatic hydroxyl groups excluding tert-OH is 2. The first-order chi connectivity index (χ1) is 16.2. The van der Waals surface area contributed by atoms with Gasteiger partial charge in [-0.05, 0) is 44.9 Å². The number of carbonyl (C=O) groups is 1. The van der Waals surface area contributed by atoms with Crippen molar-refractivity contribution in [3.63, 3.8) is 0 Å². The van der Waals surface area contributed by atoms with Crippen LogP contribution in [0.5, 0.6) is 0 Å². The van der Waals surface area contributed by atoms with E-state index in [1.165, 1.54) is 51.4 Å². The second kappa shape index (κ2) is 25.2. The van der Waals surface area contributed by atoms with Crippen molar-refractivity contribution in [3.05, 3.63) is 36.5 Å². The molecular formula is C29H53NO3. The van der Waals surface area contributed by atoms with Gasteiger partial charge < -0.3 is 15.5 Å². The molecule has 0 saturated carbocycles. The average molecular weight is 464 g/mol. The number of carbonyl (C=O) groups excluding carboxylic acids is 1. The van der Waals surface area contributed by atoms with Crippen LogP contribution in [0.4, 0.5) is 0 Å². The molecule has 0 aromatic rings. The predicted octanol–water partition coefficient (Wildman–Crippen LogP) is 7.16. The van der Waals surface area contributed by atoms with Crippen molar-refractivity contribution in [2.24, 2.45) is 0 Å². The van der Waals surface area contributed by atoms with Crippen LogP contribution in [0.3, 0.4) is 0 Å². The van der Waals surface area contributed by atoms with Crippen LogP contribution >= 0.6 is 0 Å². The van der Waals surface area contributed by atoms with E-state index >= 15 is 0 Å². The first-order valence-corrected chi connectivity index (χ1v) is 13.7. The summed E-state index contributed by atoms with van der Waals surface area (Å²) in [6.45, 7) is 4.13. The summed E-state index contributed by atoms with van der Waals surface area (Å²) in [4.78, 5) is 11.9. The average Bonchev–Trinajstić information content (AvgIpc) is 2.82. The van der Waals surface area contributed by atoms with Crippen molar-refractivity contribution in [1.29, 1.82) is 0 Å². The first-order valence-electron chi connectivity index (χ1n) is 13.7. The smallest absolute Gasteiger partial charge is 0.220 e. The summed E-state index contributed by atoms with van der Waals surface area (Å²) < 4.78 is 0. The van der Waals surface area contributed by atoms with E-state index in [4.69, 9.17) is 0 Å². The maximum absolute atomic E-state index is 11.9. The molecule has 0 aromatic carbocycles. The summed E-state index contributed by atoms with van der Waals surface area (Å²) in [5.74, 6) is -0.100. The molecule has 0 bridgehead atoms. The number of hydrogen-bond donors (Lipinski definition) is 3. The van der Waals surface area contributed by atoms with Crippen molar-refractivity contribution in [1.82, 2.24) is 5.32 Å². The lowest BCUT2D eigenvalue weighted by atomic mass is 10.1. The van der Waals surface area contributed by atoms with Crippen LogP contribution in [0.25, 0.3) is 0 Å². The van der Waals surface area contributed by atoms with E-state index in [1.54, 1.807) is 6.08 Å². The minimum Gasteiger partial charge on any atom is -0.394 e. The van der Waals surface area contributed by atoms with Crippen molar-refractivity contribution in [2.45, 2.75) is 135 Å². The van der Waals surface area contributed by atoms with Gasteiger partial charge in [0.05, 0.1) is 18.8 Å². The van der Waals surface area contributed by atoms with Gasteiger partial charge in [-0.3, -0.25) is 4.79 Å². The molecular weight excluding hydrogens is 410 g/mol. The number of unbranched alkanes of at least 4 members (excludes halogenated alkanes) is 12. The Morgan fingerprint density at radius 2 is 1.18 bits per heavy atom. The molecule has 33 heavy (non-hydrogen) atoms. The standard InChI is InChI=1S/C29H53NO3/c1-3-5-7-9-10-11-12-13-14-15-16-17-18-19-20-21-22-24-28(32)27(26-31)30-29(33)25-23-8-6-4-2/h14-15,18-19,22,24,27-28,31-32H,3-13,16-17,20-21,23,25-26H2,1-2H3,(H,30,33)/b15-14+,19-18+,24-22+. The normalized spacial score (nSPS) is 13.9. The Hall–Kier alpha value is -1.39. The summed E-state index contributed by atoms with van der Waals surface area (Å²) in [7, 11) is 0. The van der Waals surface area contributed by atoms with Crippen molar-refractivity contribution < 1.29 is 15.0 Å². The number of aliphatic hydroxyl groups is 2. The zero-order valence-electron chi connectivity index (χ0n) is 21.6. The quantitative estimate of drug-likeness (QED) is 0.111. The van der Waals surface area contributed by atoms with Crippen molar-refractivity contribution in [2.75, 3.05) is 6.61 Å². The molecule has 0 aliphatic heterocycles. The monoisotopic (exact) mass is 463 g/mol. The zero-order chi connectivity index (χ0) is 24.4. The molecule has 0 rings (SSSR count). The third-order valence-corrected chi connectivity index (χ3v) is 5.85. The van der Waals surface area contributed by atoms with Gasteiger partial charge in [0, 0.05) is 6.42 Å². The molecule has 2 atom stereocenters. The van der Waals surface area contributed by atoms with Crippen LogP contribution in [-0.2, 0) is 4.79 Å². The van der Waals surface area contributed by atoms with Crippen LogP contribution in [0.1, 0.15) is 123 Å². The van der Waals surface area contributed by atoms with Crippen molar-refractivity contribution in [3.8, 4) is 0 Å². The molecule has 0 aliphatic rings. The van der Waals surface area contributed by atoms with E-state index < -0.39 is 12.1 Å². The van der Waals surface area contributed by atoms with Gasteiger partial charge >= 0.3 is 0 Å². The first kappa shape index (κ1) is 31.6. The fourth-order valence-electron chi connectivity index (χ4n) is 3.68. The Labute approximate surface area is 204 Å². The largest absolute Gasteiger partial charge is 0.394 e. The highest BCUT2D eigenvalue weighted by Gasteiger charge is 2.17. The van der Waals surface area contributed by atoms with E-state index in [1.807, 2.05) is 6.08 Å². The molecule has 0 fully saturated rings. The molecule has 0 heterocycles. The number of hydrogen-bond acceptors (Lipinski definition) is 3. The van der Waals surface area contributed by atoms with Gasteiger partial charge in [0.15, 0.2) is 0 Å². The molecule has 192 valence electrons. The SMILES string of the molecule is CCCCCCCCC/C=C/CC/C=C/CC/C=C/C(O)C(CO)NC(=O)CCCCCC. The highest BCUT2D eigenvalue weighted by molar-refractivity contribution is 5.76. The molecule has 0 radical (unpaired) electrons. The second-order valence-corrected chi connectivity index (χ2v) is 9.09. The van der Waals surface area contributed by atoms with Crippen LogP contribution in [-0.4, -0.2) is 34.9 Å². The highest BCUT2D eigenvalue weighted by atomic mass is 16.3. The lowest BCUT2D eigenvalue weighted by Gasteiger charge is -2.19. The number of amides is 1. The summed E-state index contributed by atoms with van der Waals surface area (Å²) >= 11 is 0. The van der Waals surface area contributed by atoms with Gasteiger partial charge in [-0.25, -0.2) is 0 Å². The van der Waals surface area contributed by atoms with Crippen molar-refractivity contribution >= 4 is 5.91 Å². The maximum atomic E-state index is 11.9. The third-order valence-electron chi connectivity index (χ3n) is 5.85. The number of nitrogens with one attached hydrogen (secondary N) is 1. The van der Waals surface area contributed by atoms with Gasteiger partial charge in [-0.2, -0.15) is 0 Å². The van der Waals surface area contributed by atoms with E-state index in [0.717, 1.165) is 51.4 Å². The molecule has 2 unspecified atom stereocenters. The summed E-state index contributed by atoms with van der Waals surface area (Å²) in [5, 5.41) is 22.4. The van der Waals surface area contributed by atoms with Crippen LogP contribution < -0.4 is 5.32 Å². The van der Waals surface area contributed by atoms with E-state index in [-0.39, 0.29) is 12.5 Å². The van der Waals surface area contributed by atoms with Gasteiger partial charge in [0.2, 0.25) is 5.91 Å². The molecule has 0 aromatic heterocycles. The number of allylic oxidation sites excluding steroid dienone is 5.